The fourth-order valence-electron chi connectivity index (χ4n) is 2.93. The van der Waals surface area contributed by atoms with Gasteiger partial charge in [-0.25, -0.2) is 4.98 Å². The van der Waals surface area contributed by atoms with Crippen molar-refractivity contribution < 1.29 is 0 Å². The summed E-state index contributed by atoms with van der Waals surface area (Å²) in [5.41, 5.74) is 7.62. The summed E-state index contributed by atoms with van der Waals surface area (Å²) < 4.78 is 0.990. The molecule has 0 radical (unpaired) electrons. The molecular weight excluding hydrogens is 302 g/mol. The fourth-order valence-corrected chi connectivity index (χ4v) is 3.40. The molecule has 1 fully saturated rings. The predicted octanol–water partition coefficient (Wildman–Crippen LogP) is 4.36. The maximum absolute atomic E-state index is 5.83. The molecule has 0 saturated heterocycles. The number of nitrogen functional groups attached to an aromatic ring is 1. The van der Waals surface area contributed by atoms with Crippen LogP contribution in [-0.2, 0) is 0 Å². The zero-order valence-electron chi connectivity index (χ0n) is 11.9. The molecule has 0 aliphatic heterocycles. The van der Waals surface area contributed by atoms with Crippen LogP contribution in [-0.4, -0.2) is 11.5 Å². The molecule has 2 rings (SSSR count). The van der Waals surface area contributed by atoms with Crippen molar-refractivity contribution in [3.05, 3.63) is 16.2 Å². The average molecular weight is 326 g/mol. The van der Waals surface area contributed by atoms with Crippen LogP contribution in [0.15, 0.2) is 10.7 Å². The van der Waals surface area contributed by atoms with Crippen molar-refractivity contribution in [3.8, 4) is 0 Å². The highest BCUT2D eigenvalue weighted by molar-refractivity contribution is 9.10. The molecular formula is C15H24BrN3. The summed E-state index contributed by atoms with van der Waals surface area (Å²) in [5, 5.41) is 3.43. The predicted molar refractivity (Wildman–Crippen MR) is 85.3 cm³/mol. The minimum atomic E-state index is 0.735. The molecule has 3 N–H and O–H groups in total. The number of aromatic nitrogens is 1. The highest BCUT2D eigenvalue weighted by Crippen LogP contribution is 2.31. The highest BCUT2D eigenvalue weighted by Gasteiger charge is 2.18. The van der Waals surface area contributed by atoms with Crippen molar-refractivity contribution in [1.82, 2.24) is 4.98 Å². The molecule has 0 spiro atoms. The number of rotatable bonds is 4. The molecule has 2 unspecified atom stereocenters. The molecule has 0 amide bonds. The zero-order valence-corrected chi connectivity index (χ0v) is 13.5. The van der Waals surface area contributed by atoms with E-state index in [2.05, 4.69) is 33.2 Å². The summed E-state index contributed by atoms with van der Waals surface area (Å²) in [4.78, 5) is 4.35. The van der Waals surface area contributed by atoms with E-state index in [1.807, 2.05) is 6.92 Å². The third kappa shape index (κ3) is 3.85. The van der Waals surface area contributed by atoms with Gasteiger partial charge in [0.15, 0.2) is 0 Å². The molecule has 1 heterocycles. The minimum Gasteiger partial charge on any atom is -0.397 e. The van der Waals surface area contributed by atoms with Crippen molar-refractivity contribution in [1.29, 1.82) is 0 Å². The first-order chi connectivity index (χ1) is 9.08. The van der Waals surface area contributed by atoms with Crippen LogP contribution in [0.3, 0.4) is 0 Å². The van der Waals surface area contributed by atoms with Gasteiger partial charge in [-0.15, -0.1) is 0 Å². The zero-order chi connectivity index (χ0) is 13.8. The van der Waals surface area contributed by atoms with Gasteiger partial charge in [0.25, 0.3) is 0 Å². The summed E-state index contributed by atoms with van der Waals surface area (Å²) in [6.45, 7) is 5.38. The lowest BCUT2D eigenvalue weighted by molar-refractivity contribution is 0.274. The monoisotopic (exact) mass is 325 g/mol. The topological polar surface area (TPSA) is 50.9 Å². The normalized spacial score (nSPS) is 23.3. The molecule has 1 aliphatic carbocycles. The van der Waals surface area contributed by atoms with Crippen molar-refractivity contribution in [2.24, 2.45) is 11.8 Å². The fraction of sp³-hybridized carbons (Fsp3) is 0.667. The van der Waals surface area contributed by atoms with E-state index in [0.717, 1.165) is 39.9 Å². The SMILES string of the molecule is Cc1c(N)cnc(NCCC2CCCC(C)C2)c1Br. The number of halogens is 1. The quantitative estimate of drug-likeness (QED) is 0.864. The Morgan fingerprint density at radius 3 is 3.00 bits per heavy atom. The van der Waals surface area contributed by atoms with E-state index in [9.17, 15) is 0 Å². The first-order valence-corrected chi connectivity index (χ1v) is 8.01. The summed E-state index contributed by atoms with van der Waals surface area (Å²) in [5.74, 6) is 2.70. The van der Waals surface area contributed by atoms with E-state index in [1.54, 1.807) is 6.20 Å². The molecule has 4 heteroatoms. The van der Waals surface area contributed by atoms with Crippen molar-refractivity contribution in [2.45, 2.75) is 46.0 Å². The van der Waals surface area contributed by atoms with Crippen LogP contribution in [0.25, 0.3) is 0 Å². The second-order valence-electron chi connectivity index (χ2n) is 5.85. The molecule has 2 atom stereocenters. The number of nitrogens with two attached hydrogens (primary N) is 1. The molecule has 3 nitrogen and oxygen atoms in total. The summed E-state index contributed by atoms with van der Waals surface area (Å²) in [6, 6.07) is 0. The van der Waals surface area contributed by atoms with Crippen LogP contribution in [0.2, 0.25) is 0 Å². The molecule has 0 bridgehead atoms. The number of nitrogens with zero attached hydrogens (tertiary/aromatic N) is 1. The molecule has 1 saturated carbocycles. The van der Waals surface area contributed by atoms with Gasteiger partial charge in [0.1, 0.15) is 5.82 Å². The Morgan fingerprint density at radius 1 is 1.47 bits per heavy atom. The lowest BCUT2D eigenvalue weighted by Gasteiger charge is -2.26. The van der Waals surface area contributed by atoms with Gasteiger partial charge in [0, 0.05) is 6.54 Å². The van der Waals surface area contributed by atoms with E-state index < -0.39 is 0 Å². The van der Waals surface area contributed by atoms with Gasteiger partial charge in [0.05, 0.1) is 16.4 Å². The number of pyridine rings is 1. The molecule has 1 aromatic rings. The third-order valence-electron chi connectivity index (χ3n) is 4.19. The van der Waals surface area contributed by atoms with E-state index in [4.69, 9.17) is 5.73 Å². The van der Waals surface area contributed by atoms with E-state index in [0.29, 0.717) is 0 Å². The molecule has 19 heavy (non-hydrogen) atoms. The Labute approximate surface area is 124 Å². The van der Waals surface area contributed by atoms with E-state index >= 15 is 0 Å². The number of nitrogens with one attached hydrogen (secondary N) is 1. The number of anilines is 2. The van der Waals surface area contributed by atoms with E-state index in [-0.39, 0.29) is 0 Å². The lowest BCUT2D eigenvalue weighted by Crippen LogP contribution is -2.17. The maximum atomic E-state index is 5.83. The molecule has 1 aliphatic rings. The van der Waals surface area contributed by atoms with Gasteiger partial charge in [0.2, 0.25) is 0 Å². The first-order valence-electron chi connectivity index (χ1n) is 7.22. The van der Waals surface area contributed by atoms with Crippen LogP contribution >= 0.6 is 15.9 Å². The largest absolute Gasteiger partial charge is 0.397 e. The van der Waals surface area contributed by atoms with Gasteiger partial charge < -0.3 is 11.1 Å². The van der Waals surface area contributed by atoms with Gasteiger partial charge in [-0.1, -0.05) is 26.2 Å². The van der Waals surface area contributed by atoms with Crippen molar-refractivity contribution >= 4 is 27.4 Å². The molecule has 106 valence electrons. The van der Waals surface area contributed by atoms with Crippen LogP contribution in [0.5, 0.6) is 0 Å². The summed E-state index contributed by atoms with van der Waals surface area (Å²) >= 11 is 3.56. The second kappa shape index (κ2) is 6.60. The standard InChI is InChI=1S/C15H24BrN3/c1-10-4-3-5-12(8-10)6-7-18-15-14(16)11(2)13(17)9-19-15/h9-10,12H,3-8,17H2,1-2H3,(H,18,19). The van der Waals surface area contributed by atoms with Gasteiger partial charge in [-0.3, -0.25) is 0 Å². The van der Waals surface area contributed by atoms with Crippen LogP contribution in [0.4, 0.5) is 11.5 Å². The smallest absolute Gasteiger partial charge is 0.140 e. The Morgan fingerprint density at radius 2 is 2.26 bits per heavy atom. The van der Waals surface area contributed by atoms with E-state index in [1.165, 1.54) is 32.1 Å². The van der Waals surface area contributed by atoms with Crippen molar-refractivity contribution in [2.75, 3.05) is 17.6 Å². The van der Waals surface area contributed by atoms with Gasteiger partial charge in [-0.2, -0.15) is 0 Å². The maximum Gasteiger partial charge on any atom is 0.140 e. The Kier molecular flexibility index (Phi) is 5.08. The second-order valence-corrected chi connectivity index (χ2v) is 6.65. The van der Waals surface area contributed by atoms with Crippen LogP contribution < -0.4 is 11.1 Å². The van der Waals surface area contributed by atoms with Gasteiger partial charge in [-0.05, 0) is 53.1 Å². The Hall–Kier alpha value is -0.770. The Bertz CT molecular complexity index is 434. The minimum absolute atomic E-state index is 0.735. The summed E-state index contributed by atoms with van der Waals surface area (Å²) in [6.07, 6.45) is 8.55. The van der Waals surface area contributed by atoms with Crippen LogP contribution in [0, 0.1) is 18.8 Å². The number of hydrogen-bond acceptors (Lipinski definition) is 3. The lowest BCUT2D eigenvalue weighted by atomic mass is 9.81. The van der Waals surface area contributed by atoms with Crippen molar-refractivity contribution in [3.63, 3.8) is 0 Å². The third-order valence-corrected chi connectivity index (χ3v) is 5.16. The molecule has 0 aromatic carbocycles. The number of hydrogen-bond donors (Lipinski definition) is 2. The average Bonchev–Trinajstić information content (AvgIpc) is 2.39. The first kappa shape index (κ1) is 14.6. The highest BCUT2D eigenvalue weighted by atomic mass is 79.9. The van der Waals surface area contributed by atoms with Crippen LogP contribution in [0.1, 0.15) is 44.6 Å². The summed E-state index contributed by atoms with van der Waals surface area (Å²) in [7, 11) is 0. The Balaban J connectivity index is 1.84. The molecule has 1 aromatic heterocycles. The van der Waals surface area contributed by atoms with Gasteiger partial charge >= 0.3 is 0 Å².